The number of halogens is 1. The average Bonchev–Trinajstić information content (AvgIpc) is 3.21. The molecule has 2 N–H and O–H groups in total. The highest BCUT2D eigenvalue weighted by molar-refractivity contribution is 14.0. The molecule has 0 aromatic heterocycles. The predicted octanol–water partition coefficient (Wildman–Crippen LogP) is 3.16. The molecular weight excluding hydrogens is 503 g/mol. The Morgan fingerprint density at radius 2 is 2.04 bits per heavy atom. The molecule has 1 unspecified atom stereocenters. The maximum absolute atomic E-state index is 5.56. The zero-order valence-electron chi connectivity index (χ0n) is 16.7. The minimum Gasteiger partial charge on any atom is -0.379 e. The van der Waals surface area contributed by atoms with E-state index in [9.17, 15) is 0 Å². The van der Waals surface area contributed by atoms with Gasteiger partial charge >= 0.3 is 0 Å². The molecule has 0 spiro atoms. The Morgan fingerprint density at radius 3 is 2.71 bits per heavy atom. The molecule has 2 heterocycles. The van der Waals surface area contributed by atoms with Gasteiger partial charge in [-0.2, -0.15) is 11.8 Å². The summed E-state index contributed by atoms with van der Waals surface area (Å²) in [5, 5.41) is 6.91. The third-order valence-electron chi connectivity index (χ3n) is 5.05. The van der Waals surface area contributed by atoms with Crippen molar-refractivity contribution in [1.29, 1.82) is 0 Å². The van der Waals surface area contributed by atoms with E-state index in [4.69, 9.17) is 9.73 Å². The summed E-state index contributed by atoms with van der Waals surface area (Å²) in [5.41, 5.74) is 0.204. The summed E-state index contributed by atoms with van der Waals surface area (Å²) in [4.78, 5) is 8.91. The lowest BCUT2D eigenvalue weighted by Crippen LogP contribution is -2.56. The van der Waals surface area contributed by atoms with Crippen LogP contribution in [0.1, 0.15) is 13.3 Å². The quantitative estimate of drug-likeness (QED) is 0.175. The van der Waals surface area contributed by atoms with E-state index in [0.29, 0.717) is 0 Å². The second-order valence-electron chi connectivity index (χ2n) is 6.91. The number of guanidine groups is 1. The molecule has 0 bridgehead atoms. The largest absolute Gasteiger partial charge is 0.379 e. The van der Waals surface area contributed by atoms with Crippen molar-refractivity contribution in [2.24, 2.45) is 4.99 Å². The second kappa shape index (κ2) is 13.2. The summed E-state index contributed by atoms with van der Waals surface area (Å²) in [6.07, 6.45) is 1.23. The molecule has 0 amide bonds. The topological polar surface area (TPSA) is 48.9 Å². The summed E-state index contributed by atoms with van der Waals surface area (Å²) in [7, 11) is 0. The lowest BCUT2D eigenvalue weighted by molar-refractivity contribution is -0.0104. The standard InChI is InChI=1S/C20H32N4OS2.HI/c1-2-21-19(22-9-15-27-18-6-4-3-5-7-18)23-16-20(8-14-26-17-20)24-10-12-25-13-11-24;/h3-7H,2,8-17H2,1H3,(H2,21,22,23);1H. The number of benzene rings is 1. The molecule has 1 atom stereocenters. The van der Waals surface area contributed by atoms with E-state index in [0.717, 1.165) is 57.6 Å². The van der Waals surface area contributed by atoms with E-state index in [-0.39, 0.29) is 29.5 Å². The Kier molecular flexibility index (Phi) is 11.4. The van der Waals surface area contributed by atoms with Crippen LogP contribution < -0.4 is 10.6 Å². The Balaban J connectivity index is 0.00000280. The van der Waals surface area contributed by atoms with Gasteiger partial charge in [0.1, 0.15) is 0 Å². The van der Waals surface area contributed by atoms with Crippen LogP contribution in [-0.4, -0.2) is 79.6 Å². The van der Waals surface area contributed by atoms with Gasteiger partial charge in [0.25, 0.3) is 0 Å². The monoisotopic (exact) mass is 536 g/mol. The van der Waals surface area contributed by atoms with Crippen LogP contribution in [-0.2, 0) is 4.74 Å². The molecule has 0 aliphatic carbocycles. The van der Waals surface area contributed by atoms with Gasteiger partial charge in [0.2, 0.25) is 0 Å². The fraction of sp³-hybridized carbons (Fsp3) is 0.650. The fourth-order valence-corrected chi connectivity index (χ4v) is 5.79. The number of ether oxygens (including phenoxy) is 1. The number of hydrogen-bond acceptors (Lipinski definition) is 5. The number of hydrogen-bond donors (Lipinski definition) is 2. The van der Waals surface area contributed by atoms with Gasteiger partial charge in [-0.1, -0.05) is 18.2 Å². The zero-order chi connectivity index (χ0) is 18.8. The summed E-state index contributed by atoms with van der Waals surface area (Å²) in [6, 6.07) is 10.6. The summed E-state index contributed by atoms with van der Waals surface area (Å²) < 4.78 is 5.56. The van der Waals surface area contributed by atoms with Crippen LogP contribution in [0, 0.1) is 0 Å². The number of thioether (sulfide) groups is 2. The van der Waals surface area contributed by atoms with Crippen LogP contribution in [0.5, 0.6) is 0 Å². The molecule has 1 aromatic carbocycles. The first-order valence-corrected chi connectivity index (χ1v) is 12.1. The zero-order valence-corrected chi connectivity index (χ0v) is 20.7. The Labute approximate surface area is 195 Å². The normalized spacial score (nSPS) is 23.2. The average molecular weight is 537 g/mol. The molecule has 1 aromatic rings. The van der Waals surface area contributed by atoms with E-state index in [2.05, 4.69) is 64.6 Å². The summed E-state index contributed by atoms with van der Waals surface area (Å²) in [5.74, 6) is 4.39. The maximum atomic E-state index is 5.56. The number of nitrogens with zero attached hydrogens (tertiary/aromatic N) is 2. The van der Waals surface area contributed by atoms with Gasteiger partial charge in [0.05, 0.1) is 25.3 Å². The molecular formula is C20H33IN4OS2. The van der Waals surface area contributed by atoms with Crippen LogP contribution in [0.4, 0.5) is 0 Å². The van der Waals surface area contributed by atoms with Crippen LogP contribution in [0.2, 0.25) is 0 Å². The highest BCUT2D eigenvalue weighted by Gasteiger charge is 2.40. The van der Waals surface area contributed by atoms with Gasteiger partial charge in [0, 0.05) is 42.6 Å². The van der Waals surface area contributed by atoms with Crippen molar-refractivity contribution < 1.29 is 4.74 Å². The van der Waals surface area contributed by atoms with Gasteiger partial charge in [-0.3, -0.25) is 9.89 Å². The van der Waals surface area contributed by atoms with Crippen LogP contribution in [0.3, 0.4) is 0 Å². The number of rotatable bonds is 8. The molecule has 2 fully saturated rings. The maximum Gasteiger partial charge on any atom is 0.191 e. The highest BCUT2D eigenvalue weighted by atomic mass is 127. The first-order valence-electron chi connectivity index (χ1n) is 9.93. The lowest BCUT2D eigenvalue weighted by Gasteiger charge is -2.42. The predicted molar refractivity (Wildman–Crippen MR) is 134 cm³/mol. The molecule has 2 aliphatic heterocycles. The summed E-state index contributed by atoms with van der Waals surface area (Å²) in [6.45, 7) is 8.56. The Bertz CT molecular complexity index is 579. The van der Waals surface area contributed by atoms with Crippen molar-refractivity contribution >= 4 is 53.5 Å². The van der Waals surface area contributed by atoms with Crippen LogP contribution in [0.15, 0.2) is 40.2 Å². The minimum absolute atomic E-state index is 0. The first kappa shape index (κ1) is 24.1. The molecule has 2 saturated heterocycles. The van der Waals surface area contributed by atoms with Gasteiger partial charge in [-0.05, 0) is 31.2 Å². The number of aliphatic imine (C=N–C) groups is 1. The van der Waals surface area contributed by atoms with Crippen molar-refractivity contribution in [2.75, 3.05) is 63.2 Å². The van der Waals surface area contributed by atoms with Gasteiger partial charge in [-0.15, -0.1) is 35.7 Å². The molecule has 8 heteroatoms. The minimum atomic E-state index is 0. The smallest absolute Gasteiger partial charge is 0.191 e. The van der Waals surface area contributed by atoms with Crippen molar-refractivity contribution in [3.05, 3.63) is 30.3 Å². The number of nitrogens with one attached hydrogen (secondary N) is 2. The summed E-state index contributed by atoms with van der Waals surface area (Å²) >= 11 is 3.94. The van der Waals surface area contributed by atoms with Crippen molar-refractivity contribution in [3.8, 4) is 0 Å². The van der Waals surface area contributed by atoms with Gasteiger partial charge in [0.15, 0.2) is 5.96 Å². The first-order chi connectivity index (χ1) is 13.3. The fourth-order valence-electron chi connectivity index (χ4n) is 3.53. The van der Waals surface area contributed by atoms with E-state index in [1.54, 1.807) is 0 Å². The van der Waals surface area contributed by atoms with E-state index < -0.39 is 0 Å². The van der Waals surface area contributed by atoms with Crippen LogP contribution >= 0.6 is 47.5 Å². The molecule has 5 nitrogen and oxygen atoms in total. The van der Waals surface area contributed by atoms with Gasteiger partial charge in [-0.25, -0.2) is 0 Å². The van der Waals surface area contributed by atoms with Crippen molar-refractivity contribution in [1.82, 2.24) is 15.5 Å². The van der Waals surface area contributed by atoms with Crippen molar-refractivity contribution in [2.45, 2.75) is 23.8 Å². The highest BCUT2D eigenvalue weighted by Crippen LogP contribution is 2.34. The molecule has 0 radical (unpaired) electrons. The molecule has 3 rings (SSSR count). The molecule has 158 valence electrons. The van der Waals surface area contributed by atoms with E-state index >= 15 is 0 Å². The van der Waals surface area contributed by atoms with E-state index in [1.807, 2.05) is 11.8 Å². The van der Waals surface area contributed by atoms with E-state index in [1.165, 1.54) is 22.8 Å². The Hall–Kier alpha value is -0.160. The second-order valence-corrected chi connectivity index (χ2v) is 9.18. The molecule has 0 saturated carbocycles. The third kappa shape index (κ3) is 7.27. The lowest BCUT2D eigenvalue weighted by atomic mass is 9.96. The number of morpholine rings is 1. The SMILES string of the molecule is CCNC(=NCC1(N2CCOCC2)CCSC1)NCCSc1ccccc1.I. The van der Waals surface area contributed by atoms with Gasteiger partial charge < -0.3 is 15.4 Å². The Morgan fingerprint density at radius 1 is 1.25 bits per heavy atom. The molecule has 28 heavy (non-hydrogen) atoms. The molecule has 2 aliphatic rings. The third-order valence-corrected chi connectivity index (χ3v) is 7.29. The van der Waals surface area contributed by atoms with Crippen LogP contribution in [0.25, 0.3) is 0 Å². The van der Waals surface area contributed by atoms with Crippen molar-refractivity contribution in [3.63, 3.8) is 0 Å².